The molecule has 0 bridgehead atoms. The van der Waals surface area contributed by atoms with E-state index in [2.05, 4.69) is 18.7 Å². The number of carbonyl (C=O) groups excluding carboxylic acids is 1. The standard InChI is InChI=1S/C12H25N3O/c1-9(2)14-5-7-15(8-6-14)12(16)10(3)11(4)13/h9-11H,5-8,13H2,1-4H3. The number of nitrogens with two attached hydrogens (primary N) is 1. The molecule has 1 rings (SSSR count). The highest BCUT2D eigenvalue weighted by Crippen LogP contribution is 2.11. The second kappa shape index (κ2) is 5.64. The van der Waals surface area contributed by atoms with Crippen LogP contribution in [-0.2, 0) is 4.79 Å². The number of hydrogen-bond acceptors (Lipinski definition) is 3. The average molecular weight is 227 g/mol. The predicted molar refractivity (Wildman–Crippen MR) is 66.1 cm³/mol. The van der Waals surface area contributed by atoms with E-state index >= 15 is 0 Å². The molecule has 4 nitrogen and oxygen atoms in total. The minimum absolute atomic E-state index is 0.0596. The number of piperazine rings is 1. The van der Waals surface area contributed by atoms with Gasteiger partial charge in [-0.25, -0.2) is 0 Å². The molecule has 1 fully saturated rings. The lowest BCUT2D eigenvalue weighted by atomic mass is 10.0. The zero-order valence-corrected chi connectivity index (χ0v) is 10.9. The van der Waals surface area contributed by atoms with Crippen LogP contribution in [0.5, 0.6) is 0 Å². The fourth-order valence-electron chi connectivity index (χ4n) is 1.97. The highest BCUT2D eigenvalue weighted by Gasteiger charge is 2.27. The Hall–Kier alpha value is -0.610. The third-order valence-corrected chi connectivity index (χ3v) is 3.53. The van der Waals surface area contributed by atoms with Gasteiger partial charge in [0.25, 0.3) is 0 Å². The minimum atomic E-state index is -0.0643. The van der Waals surface area contributed by atoms with E-state index in [1.807, 2.05) is 18.7 Å². The Morgan fingerprint density at radius 3 is 1.94 bits per heavy atom. The van der Waals surface area contributed by atoms with Crippen molar-refractivity contribution in [1.29, 1.82) is 0 Å². The first-order chi connectivity index (χ1) is 7.43. The molecule has 0 radical (unpaired) electrons. The Morgan fingerprint density at radius 2 is 1.56 bits per heavy atom. The van der Waals surface area contributed by atoms with Crippen LogP contribution in [0.1, 0.15) is 27.7 Å². The van der Waals surface area contributed by atoms with Crippen LogP contribution in [-0.4, -0.2) is 54.0 Å². The third kappa shape index (κ3) is 3.19. The van der Waals surface area contributed by atoms with Gasteiger partial charge in [0.15, 0.2) is 0 Å². The van der Waals surface area contributed by atoms with Crippen LogP contribution in [0.3, 0.4) is 0 Å². The van der Waals surface area contributed by atoms with Gasteiger partial charge in [-0.1, -0.05) is 6.92 Å². The second-order valence-electron chi connectivity index (χ2n) is 5.10. The molecule has 1 aliphatic rings. The lowest BCUT2D eigenvalue weighted by Crippen LogP contribution is -2.53. The van der Waals surface area contributed by atoms with Crippen molar-refractivity contribution in [2.45, 2.75) is 39.8 Å². The predicted octanol–water partition coefficient (Wildman–Crippen LogP) is 0.522. The Morgan fingerprint density at radius 1 is 1.06 bits per heavy atom. The van der Waals surface area contributed by atoms with Crippen LogP contribution in [0.4, 0.5) is 0 Å². The third-order valence-electron chi connectivity index (χ3n) is 3.53. The number of nitrogens with zero attached hydrogens (tertiary/aromatic N) is 2. The molecule has 4 heteroatoms. The van der Waals surface area contributed by atoms with Crippen molar-refractivity contribution in [2.24, 2.45) is 11.7 Å². The summed E-state index contributed by atoms with van der Waals surface area (Å²) in [4.78, 5) is 16.4. The van der Waals surface area contributed by atoms with Crippen LogP contribution in [0.15, 0.2) is 0 Å². The molecule has 1 heterocycles. The van der Waals surface area contributed by atoms with Crippen molar-refractivity contribution in [3.8, 4) is 0 Å². The summed E-state index contributed by atoms with van der Waals surface area (Å²) in [7, 11) is 0. The fraction of sp³-hybridized carbons (Fsp3) is 0.917. The monoisotopic (exact) mass is 227 g/mol. The summed E-state index contributed by atoms with van der Waals surface area (Å²) in [5.74, 6) is 0.143. The van der Waals surface area contributed by atoms with E-state index in [4.69, 9.17) is 5.73 Å². The largest absolute Gasteiger partial charge is 0.340 e. The van der Waals surface area contributed by atoms with Gasteiger partial charge in [0.2, 0.25) is 5.91 Å². The van der Waals surface area contributed by atoms with Crippen LogP contribution >= 0.6 is 0 Å². The summed E-state index contributed by atoms with van der Waals surface area (Å²) in [5.41, 5.74) is 5.76. The summed E-state index contributed by atoms with van der Waals surface area (Å²) >= 11 is 0. The van der Waals surface area contributed by atoms with Gasteiger partial charge in [-0.3, -0.25) is 9.69 Å². The molecular weight excluding hydrogens is 202 g/mol. The van der Waals surface area contributed by atoms with Crippen molar-refractivity contribution in [2.75, 3.05) is 26.2 Å². The van der Waals surface area contributed by atoms with E-state index in [9.17, 15) is 4.79 Å². The summed E-state index contributed by atoms with van der Waals surface area (Å²) < 4.78 is 0. The maximum atomic E-state index is 12.0. The molecule has 1 saturated heterocycles. The average Bonchev–Trinajstić information content (AvgIpc) is 2.27. The number of rotatable bonds is 3. The van der Waals surface area contributed by atoms with E-state index in [1.165, 1.54) is 0 Å². The zero-order valence-electron chi connectivity index (χ0n) is 10.9. The fourth-order valence-corrected chi connectivity index (χ4v) is 1.97. The lowest BCUT2D eigenvalue weighted by Gasteiger charge is -2.38. The zero-order chi connectivity index (χ0) is 12.3. The van der Waals surface area contributed by atoms with Gasteiger partial charge in [0.1, 0.15) is 0 Å². The lowest BCUT2D eigenvalue weighted by molar-refractivity contribution is -0.137. The first-order valence-electron chi connectivity index (χ1n) is 6.22. The van der Waals surface area contributed by atoms with Gasteiger partial charge in [-0.15, -0.1) is 0 Å². The van der Waals surface area contributed by atoms with Crippen LogP contribution < -0.4 is 5.73 Å². The Labute approximate surface area is 98.8 Å². The highest BCUT2D eigenvalue weighted by molar-refractivity contribution is 5.79. The minimum Gasteiger partial charge on any atom is -0.340 e. The second-order valence-corrected chi connectivity index (χ2v) is 5.10. The van der Waals surface area contributed by atoms with Crippen molar-refractivity contribution >= 4 is 5.91 Å². The highest BCUT2D eigenvalue weighted by atomic mass is 16.2. The van der Waals surface area contributed by atoms with E-state index in [0.29, 0.717) is 6.04 Å². The first-order valence-corrected chi connectivity index (χ1v) is 6.22. The molecule has 0 aromatic rings. The smallest absolute Gasteiger partial charge is 0.227 e. The number of carbonyl (C=O) groups is 1. The molecule has 94 valence electrons. The van der Waals surface area contributed by atoms with Gasteiger partial charge >= 0.3 is 0 Å². The molecule has 2 unspecified atom stereocenters. The summed E-state index contributed by atoms with van der Waals surface area (Å²) in [6.07, 6.45) is 0. The van der Waals surface area contributed by atoms with E-state index in [1.54, 1.807) is 0 Å². The van der Waals surface area contributed by atoms with E-state index in [0.717, 1.165) is 26.2 Å². The molecule has 0 aliphatic carbocycles. The molecule has 1 aliphatic heterocycles. The van der Waals surface area contributed by atoms with Crippen LogP contribution in [0.25, 0.3) is 0 Å². The normalized spacial score (nSPS) is 22.2. The van der Waals surface area contributed by atoms with Crippen molar-refractivity contribution < 1.29 is 4.79 Å². The topological polar surface area (TPSA) is 49.6 Å². The molecule has 16 heavy (non-hydrogen) atoms. The van der Waals surface area contributed by atoms with Crippen LogP contribution in [0, 0.1) is 5.92 Å². The molecule has 2 atom stereocenters. The number of amides is 1. The Bertz CT molecular complexity index is 232. The maximum absolute atomic E-state index is 12.0. The van der Waals surface area contributed by atoms with E-state index < -0.39 is 0 Å². The van der Waals surface area contributed by atoms with Gasteiger partial charge in [0, 0.05) is 38.3 Å². The van der Waals surface area contributed by atoms with Gasteiger partial charge in [0.05, 0.1) is 5.92 Å². The Balaban J connectivity index is 2.45. The van der Waals surface area contributed by atoms with Gasteiger partial charge in [-0.05, 0) is 20.8 Å². The summed E-state index contributed by atoms with van der Waals surface area (Å²) in [5, 5.41) is 0. The molecule has 1 amide bonds. The molecule has 0 aromatic heterocycles. The quantitative estimate of drug-likeness (QED) is 0.765. The molecule has 0 saturated carbocycles. The first kappa shape index (κ1) is 13.5. The molecular formula is C12H25N3O. The van der Waals surface area contributed by atoms with Crippen molar-refractivity contribution in [3.05, 3.63) is 0 Å². The van der Waals surface area contributed by atoms with Crippen molar-refractivity contribution in [3.63, 3.8) is 0 Å². The van der Waals surface area contributed by atoms with Gasteiger partial charge in [-0.2, -0.15) is 0 Å². The van der Waals surface area contributed by atoms with Crippen LogP contribution in [0.2, 0.25) is 0 Å². The molecule has 0 spiro atoms. The maximum Gasteiger partial charge on any atom is 0.227 e. The van der Waals surface area contributed by atoms with E-state index in [-0.39, 0.29) is 17.9 Å². The molecule has 0 aromatic carbocycles. The molecule has 2 N–H and O–H groups in total. The summed E-state index contributed by atoms with van der Waals surface area (Å²) in [6, 6.07) is 0.513. The van der Waals surface area contributed by atoms with Crippen molar-refractivity contribution in [1.82, 2.24) is 9.80 Å². The summed E-state index contributed by atoms with van der Waals surface area (Å²) in [6.45, 7) is 11.9. The Kier molecular flexibility index (Phi) is 4.74. The van der Waals surface area contributed by atoms with Gasteiger partial charge < -0.3 is 10.6 Å². The SMILES string of the molecule is CC(N)C(C)C(=O)N1CCN(C(C)C)CC1. The number of hydrogen-bond donors (Lipinski definition) is 1.